The second-order valence-electron chi connectivity index (χ2n) is 2.55. The van der Waals surface area contributed by atoms with Crippen LogP contribution in [0.4, 0.5) is 0 Å². The van der Waals surface area contributed by atoms with Gasteiger partial charge in [0.15, 0.2) is 0 Å². The first-order valence-electron chi connectivity index (χ1n) is 3.97. The van der Waals surface area contributed by atoms with Crippen LogP contribution in [0.25, 0.3) is 0 Å². The summed E-state index contributed by atoms with van der Waals surface area (Å²) in [6, 6.07) is 1.49. The fraction of sp³-hybridized carbons (Fsp3) is 0.750. The van der Waals surface area contributed by atoms with Crippen molar-refractivity contribution in [1.29, 1.82) is 5.26 Å². The van der Waals surface area contributed by atoms with Gasteiger partial charge in [-0.3, -0.25) is 9.69 Å². The van der Waals surface area contributed by atoms with Gasteiger partial charge in [-0.05, 0) is 13.5 Å². The molecule has 0 aliphatic heterocycles. The Morgan fingerprint density at radius 1 is 1.75 bits per heavy atom. The van der Waals surface area contributed by atoms with Crippen molar-refractivity contribution >= 4 is 5.97 Å². The third-order valence-corrected chi connectivity index (χ3v) is 1.82. The molecule has 4 heteroatoms. The Morgan fingerprint density at radius 3 is 2.67 bits per heavy atom. The Labute approximate surface area is 72.4 Å². The molecule has 0 heterocycles. The molecule has 0 saturated carbocycles. The van der Waals surface area contributed by atoms with E-state index in [2.05, 4.69) is 0 Å². The maximum atomic E-state index is 10.5. The van der Waals surface area contributed by atoms with E-state index in [0.29, 0.717) is 19.5 Å². The number of hydrogen-bond donors (Lipinski definition) is 1. The third-order valence-electron chi connectivity index (χ3n) is 1.82. The molecule has 1 atom stereocenters. The van der Waals surface area contributed by atoms with Gasteiger partial charge in [0.1, 0.15) is 6.04 Å². The molecular weight excluding hydrogens is 156 g/mol. The molecule has 0 rings (SSSR count). The number of aliphatic carboxylic acids is 1. The van der Waals surface area contributed by atoms with Crippen molar-refractivity contribution in [3.8, 4) is 6.07 Å². The van der Waals surface area contributed by atoms with Crippen LogP contribution in [0.2, 0.25) is 0 Å². The van der Waals surface area contributed by atoms with Gasteiger partial charge in [0, 0.05) is 13.0 Å². The van der Waals surface area contributed by atoms with E-state index in [-0.39, 0.29) is 0 Å². The molecule has 0 amide bonds. The zero-order valence-electron chi connectivity index (χ0n) is 7.45. The summed E-state index contributed by atoms with van der Waals surface area (Å²) < 4.78 is 0. The van der Waals surface area contributed by atoms with Crippen molar-refractivity contribution in [2.75, 3.05) is 13.1 Å². The number of carboxylic acids is 1. The number of likely N-dealkylation sites (N-methyl/N-ethyl adjacent to an activating group) is 1. The third kappa shape index (κ3) is 3.35. The van der Waals surface area contributed by atoms with Crippen molar-refractivity contribution < 1.29 is 9.90 Å². The van der Waals surface area contributed by atoms with E-state index in [1.807, 2.05) is 13.0 Å². The van der Waals surface area contributed by atoms with Crippen molar-refractivity contribution in [3.63, 3.8) is 0 Å². The van der Waals surface area contributed by atoms with E-state index < -0.39 is 12.0 Å². The highest BCUT2D eigenvalue weighted by molar-refractivity contribution is 5.72. The molecule has 0 aromatic carbocycles. The van der Waals surface area contributed by atoms with Gasteiger partial charge in [0.05, 0.1) is 6.07 Å². The number of rotatable bonds is 5. The van der Waals surface area contributed by atoms with E-state index in [1.165, 1.54) is 0 Å². The molecule has 0 aromatic heterocycles. The number of carbonyl (C=O) groups is 1. The van der Waals surface area contributed by atoms with Crippen molar-refractivity contribution in [3.05, 3.63) is 0 Å². The van der Waals surface area contributed by atoms with Gasteiger partial charge >= 0.3 is 5.97 Å². The van der Waals surface area contributed by atoms with E-state index in [9.17, 15) is 4.79 Å². The Balaban J connectivity index is 3.97. The fourth-order valence-electron chi connectivity index (χ4n) is 0.975. The molecule has 0 aromatic rings. The van der Waals surface area contributed by atoms with E-state index in [4.69, 9.17) is 10.4 Å². The maximum Gasteiger partial charge on any atom is 0.320 e. The van der Waals surface area contributed by atoms with Crippen LogP contribution in [-0.4, -0.2) is 35.1 Å². The van der Waals surface area contributed by atoms with Crippen molar-refractivity contribution in [2.24, 2.45) is 0 Å². The summed E-state index contributed by atoms with van der Waals surface area (Å²) in [4.78, 5) is 12.3. The average molecular weight is 170 g/mol. The molecule has 1 N–H and O–H groups in total. The monoisotopic (exact) mass is 170 g/mol. The average Bonchev–Trinajstić information content (AvgIpc) is 2.05. The number of hydrogen-bond acceptors (Lipinski definition) is 3. The zero-order chi connectivity index (χ0) is 9.56. The standard InChI is InChI=1S/C8H14N2O2/c1-3-10(6-4-5-9)7(2)8(11)12/h7H,3-4,6H2,1-2H3,(H,11,12). The molecule has 0 aliphatic carbocycles. The topological polar surface area (TPSA) is 64.3 Å². The Kier molecular flexibility index (Phi) is 5.06. The molecule has 12 heavy (non-hydrogen) atoms. The Morgan fingerprint density at radius 2 is 2.33 bits per heavy atom. The van der Waals surface area contributed by atoms with Crippen molar-refractivity contribution in [1.82, 2.24) is 4.90 Å². The second kappa shape index (κ2) is 5.56. The highest BCUT2D eigenvalue weighted by atomic mass is 16.4. The largest absolute Gasteiger partial charge is 0.480 e. The van der Waals surface area contributed by atoms with Gasteiger partial charge in [-0.15, -0.1) is 0 Å². The lowest BCUT2D eigenvalue weighted by Gasteiger charge is -2.22. The molecule has 0 saturated heterocycles. The first-order chi connectivity index (χ1) is 5.63. The molecule has 4 nitrogen and oxygen atoms in total. The van der Waals surface area contributed by atoms with E-state index >= 15 is 0 Å². The van der Waals surface area contributed by atoms with Crippen molar-refractivity contribution in [2.45, 2.75) is 26.3 Å². The van der Waals surface area contributed by atoms with Crippen LogP contribution < -0.4 is 0 Å². The summed E-state index contributed by atoms with van der Waals surface area (Å²) in [6.45, 7) is 4.70. The zero-order valence-corrected chi connectivity index (χ0v) is 7.45. The maximum absolute atomic E-state index is 10.5. The molecule has 0 fully saturated rings. The summed E-state index contributed by atoms with van der Waals surface area (Å²) in [6.07, 6.45) is 0.380. The normalized spacial score (nSPS) is 12.5. The van der Waals surface area contributed by atoms with Gasteiger partial charge < -0.3 is 5.11 Å². The van der Waals surface area contributed by atoms with Crippen LogP contribution in [0.3, 0.4) is 0 Å². The summed E-state index contributed by atoms with van der Waals surface area (Å²) >= 11 is 0. The van der Waals surface area contributed by atoms with E-state index in [0.717, 1.165) is 0 Å². The van der Waals surface area contributed by atoms with Gasteiger partial charge in [-0.1, -0.05) is 6.92 Å². The van der Waals surface area contributed by atoms with Crippen LogP contribution in [0.1, 0.15) is 20.3 Å². The molecule has 0 radical (unpaired) electrons. The predicted octanol–water partition coefficient (Wildman–Crippen LogP) is 0.695. The Hall–Kier alpha value is -1.08. The van der Waals surface area contributed by atoms with Gasteiger partial charge in [0.2, 0.25) is 0 Å². The van der Waals surface area contributed by atoms with Crippen LogP contribution in [-0.2, 0) is 4.79 Å². The number of nitrogens with zero attached hydrogens (tertiary/aromatic N) is 2. The fourth-order valence-corrected chi connectivity index (χ4v) is 0.975. The predicted molar refractivity (Wildman–Crippen MR) is 44.6 cm³/mol. The quantitative estimate of drug-likeness (QED) is 0.659. The smallest absolute Gasteiger partial charge is 0.320 e. The summed E-state index contributed by atoms with van der Waals surface area (Å²) in [5.74, 6) is -0.838. The highest BCUT2D eigenvalue weighted by Crippen LogP contribution is 1.99. The number of carboxylic acid groups (broad SMARTS) is 1. The summed E-state index contributed by atoms with van der Waals surface area (Å²) in [7, 11) is 0. The summed E-state index contributed by atoms with van der Waals surface area (Å²) in [5.41, 5.74) is 0. The highest BCUT2D eigenvalue weighted by Gasteiger charge is 2.17. The SMILES string of the molecule is CCN(CCC#N)C(C)C(=O)O. The van der Waals surface area contributed by atoms with Crippen LogP contribution in [0.5, 0.6) is 0 Å². The van der Waals surface area contributed by atoms with Gasteiger partial charge in [-0.2, -0.15) is 5.26 Å². The molecule has 0 spiro atoms. The lowest BCUT2D eigenvalue weighted by molar-refractivity contribution is -0.142. The minimum atomic E-state index is -0.838. The van der Waals surface area contributed by atoms with Crippen LogP contribution in [0, 0.1) is 11.3 Å². The first kappa shape index (κ1) is 10.9. The molecule has 68 valence electrons. The second-order valence-corrected chi connectivity index (χ2v) is 2.55. The summed E-state index contributed by atoms with van der Waals surface area (Å²) in [5, 5.41) is 17.0. The molecule has 0 aliphatic rings. The number of nitriles is 1. The lowest BCUT2D eigenvalue weighted by atomic mass is 10.2. The minimum Gasteiger partial charge on any atom is -0.480 e. The molecular formula is C8H14N2O2. The minimum absolute atomic E-state index is 0.380. The lowest BCUT2D eigenvalue weighted by Crippen LogP contribution is -2.39. The van der Waals surface area contributed by atoms with E-state index in [1.54, 1.807) is 11.8 Å². The van der Waals surface area contributed by atoms with Gasteiger partial charge in [-0.25, -0.2) is 0 Å². The van der Waals surface area contributed by atoms with Crippen LogP contribution in [0.15, 0.2) is 0 Å². The molecule has 1 unspecified atom stereocenters. The van der Waals surface area contributed by atoms with Crippen LogP contribution >= 0.6 is 0 Å². The molecule has 0 bridgehead atoms. The first-order valence-corrected chi connectivity index (χ1v) is 3.97. The Bertz CT molecular complexity index is 186. The van der Waals surface area contributed by atoms with Gasteiger partial charge in [0.25, 0.3) is 0 Å².